The van der Waals surface area contributed by atoms with Crippen molar-refractivity contribution in [3.63, 3.8) is 0 Å². The highest BCUT2D eigenvalue weighted by Gasteiger charge is 2.15. The number of benzene rings is 2. The van der Waals surface area contributed by atoms with Crippen LogP contribution in [0.15, 0.2) is 58.2 Å². The first-order valence-corrected chi connectivity index (χ1v) is 9.34. The molecule has 9 heteroatoms. The van der Waals surface area contributed by atoms with Crippen LogP contribution in [-0.2, 0) is 12.8 Å². The molecule has 0 amide bonds. The average Bonchev–Trinajstić information content (AvgIpc) is 3.28. The largest absolute Gasteiger partial charge is 0.338 e. The quantitative estimate of drug-likeness (QED) is 0.454. The summed E-state index contributed by atoms with van der Waals surface area (Å²) in [6.45, 7) is 0. The van der Waals surface area contributed by atoms with Gasteiger partial charge < -0.3 is 9.09 Å². The Hall–Kier alpha value is -2.71. The van der Waals surface area contributed by atoms with Crippen LogP contribution in [0.1, 0.15) is 5.89 Å². The van der Waals surface area contributed by atoms with Crippen LogP contribution < -0.4 is 0 Å². The summed E-state index contributed by atoms with van der Waals surface area (Å²) in [4.78, 5) is 4.38. The smallest absolute Gasteiger partial charge is 0.237 e. The van der Waals surface area contributed by atoms with Gasteiger partial charge in [-0.3, -0.25) is 0 Å². The minimum Gasteiger partial charge on any atom is -0.338 e. The van der Waals surface area contributed by atoms with Crippen molar-refractivity contribution in [2.75, 3.05) is 0 Å². The van der Waals surface area contributed by atoms with E-state index in [4.69, 9.17) is 16.1 Å². The molecular formula is C18H13ClFN5OS. The van der Waals surface area contributed by atoms with E-state index in [0.29, 0.717) is 33.5 Å². The molecule has 2 heterocycles. The summed E-state index contributed by atoms with van der Waals surface area (Å²) in [6, 6.07) is 13.4. The molecule has 136 valence electrons. The van der Waals surface area contributed by atoms with Gasteiger partial charge in [0.1, 0.15) is 5.82 Å². The number of hydrogen-bond donors (Lipinski definition) is 0. The predicted molar refractivity (Wildman–Crippen MR) is 101 cm³/mol. The van der Waals surface area contributed by atoms with E-state index in [1.54, 1.807) is 18.2 Å². The second kappa shape index (κ2) is 7.50. The molecule has 0 aliphatic rings. The SMILES string of the molecule is Cn1c(SCc2nc(-c3ccccc3Cl)no2)nnc1-c1ccc(F)cc1. The summed E-state index contributed by atoms with van der Waals surface area (Å²) in [6.07, 6.45) is 0. The molecule has 2 aromatic heterocycles. The zero-order valence-electron chi connectivity index (χ0n) is 14.1. The fourth-order valence-electron chi connectivity index (χ4n) is 2.48. The van der Waals surface area contributed by atoms with Gasteiger partial charge in [0.25, 0.3) is 0 Å². The molecule has 0 aliphatic heterocycles. The molecule has 0 spiro atoms. The third-order valence-corrected chi connectivity index (χ3v) is 5.18. The summed E-state index contributed by atoms with van der Waals surface area (Å²) in [7, 11) is 1.85. The van der Waals surface area contributed by atoms with Crippen LogP contribution >= 0.6 is 23.4 Å². The summed E-state index contributed by atoms with van der Waals surface area (Å²) >= 11 is 7.58. The second-order valence-corrected chi connectivity index (χ2v) is 7.00. The molecule has 4 rings (SSSR count). The Morgan fingerprint density at radius 1 is 1.11 bits per heavy atom. The highest BCUT2D eigenvalue weighted by molar-refractivity contribution is 7.98. The first kappa shape index (κ1) is 17.7. The van der Waals surface area contributed by atoms with Gasteiger partial charge >= 0.3 is 0 Å². The van der Waals surface area contributed by atoms with Crippen molar-refractivity contribution in [1.82, 2.24) is 24.9 Å². The molecule has 6 nitrogen and oxygen atoms in total. The molecular weight excluding hydrogens is 389 g/mol. The highest BCUT2D eigenvalue weighted by Crippen LogP contribution is 2.28. The van der Waals surface area contributed by atoms with Crippen LogP contribution in [-0.4, -0.2) is 24.9 Å². The van der Waals surface area contributed by atoms with Crippen LogP contribution in [0.4, 0.5) is 4.39 Å². The normalized spacial score (nSPS) is 11.1. The van der Waals surface area contributed by atoms with E-state index in [1.165, 1.54) is 23.9 Å². The standard InChI is InChI=1S/C18H13ClFN5OS/c1-25-17(11-6-8-12(20)9-7-11)22-23-18(25)27-10-15-21-16(24-26-15)13-4-2-3-5-14(13)19/h2-9H,10H2,1H3. The summed E-state index contributed by atoms with van der Waals surface area (Å²) < 4.78 is 20.2. The molecule has 0 atom stereocenters. The lowest BCUT2D eigenvalue weighted by atomic mass is 10.2. The van der Waals surface area contributed by atoms with Crippen molar-refractivity contribution in [2.24, 2.45) is 7.05 Å². The lowest BCUT2D eigenvalue weighted by Gasteiger charge is -2.02. The zero-order chi connectivity index (χ0) is 18.8. The fraction of sp³-hybridized carbons (Fsp3) is 0.111. The van der Waals surface area contributed by atoms with Gasteiger partial charge in [-0.25, -0.2) is 4.39 Å². The van der Waals surface area contributed by atoms with Gasteiger partial charge in [0.15, 0.2) is 11.0 Å². The lowest BCUT2D eigenvalue weighted by Crippen LogP contribution is -1.95. The first-order chi connectivity index (χ1) is 13.1. The topological polar surface area (TPSA) is 69.6 Å². The number of hydrogen-bond acceptors (Lipinski definition) is 6. The van der Waals surface area contributed by atoms with E-state index in [1.807, 2.05) is 29.8 Å². The summed E-state index contributed by atoms with van der Waals surface area (Å²) in [5.74, 6) is 1.70. The number of thioether (sulfide) groups is 1. The maximum atomic E-state index is 13.1. The molecule has 0 saturated carbocycles. The van der Waals surface area contributed by atoms with Crippen molar-refractivity contribution in [3.8, 4) is 22.8 Å². The number of rotatable bonds is 5. The zero-order valence-corrected chi connectivity index (χ0v) is 15.7. The van der Waals surface area contributed by atoms with Gasteiger partial charge in [0.05, 0.1) is 10.8 Å². The Labute approximate surface area is 163 Å². The number of aromatic nitrogens is 5. The van der Waals surface area contributed by atoms with Crippen molar-refractivity contribution in [2.45, 2.75) is 10.9 Å². The molecule has 4 aromatic rings. The van der Waals surface area contributed by atoms with E-state index in [2.05, 4.69) is 20.3 Å². The number of halogens is 2. The van der Waals surface area contributed by atoms with Crippen molar-refractivity contribution < 1.29 is 8.91 Å². The Bertz CT molecular complexity index is 1080. The molecule has 0 fully saturated rings. The van der Waals surface area contributed by atoms with Gasteiger partial charge in [0, 0.05) is 18.2 Å². The minimum atomic E-state index is -0.291. The molecule has 2 aromatic carbocycles. The van der Waals surface area contributed by atoms with Gasteiger partial charge in [-0.15, -0.1) is 10.2 Å². The van der Waals surface area contributed by atoms with Crippen LogP contribution in [0.3, 0.4) is 0 Å². The molecule has 0 bridgehead atoms. The van der Waals surface area contributed by atoms with Crippen LogP contribution in [0.25, 0.3) is 22.8 Å². The summed E-state index contributed by atoms with van der Waals surface area (Å²) in [5.41, 5.74) is 1.51. The fourth-order valence-corrected chi connectivity index (χ4v) is 3.45. The molecule has 0 saturated heterocycles. The minimum absolute atomic E-state index is 0.291. The van der Waals surface area contributed by atoms with Crippen molar-refractivity contribution in [1.29, 1.82) is 0 Å². The van der Waals surface area contributed by atoms with E-state index < -0.39 is 0 Å². The van der Waals surface area contributed by atoms with Crippen LogP contribution in [0.2, 0.25) is 5.02 Å². The van der Waals surface area contributed by atoms with Gasteiger partial charge in [0.2, 0.25) is 11.7 Å². The Kier molecular flexibility index (Phi) is 4.91. The monoisotopic (exact) mass is 401 g/mol. The maximum absolute atomic E-state index is 13.1. The van der Waals surface area contributed by atoms with Crippen molar-refractivity contribution in [3.05, 3.63) is 65.3 Å². The predicted octanol–water partition coefficient (Wildman–Crippen LogP) is 4.62. The second-order valence-electron chi connectivity index (χ2n) is 5.65. The van der Waals surface area contributed by atoms with Crippen molar-refractivity contribution >= 4 is 23.4 Å². The summed E-state index contributed by atoms with van der Waals surface area (Å²) in [5, 5.41) is 13.6. The third kappa shape index (κ3) is 3.72. The van der Waals surface area contributed by atoms with E-state index in [0.717, 1.165) is 11.1 Å². The Balaban J connectivity index is 1.48. The molecule has 0 N–H and O–H groups in total. The van der Waals surface area contributed by atoms with Gasteiger partial charge in [-0.05, 0) is 36.4 Å². The van der Waals surface area contributed by atoms with Gasteiger partial charge in [-0.2, -0.15) is 4.98 Å². The molecule has 0 unspecified atom stereocenters. The third-order valence-electron chi connectivity index (χ3n) is 3.84. The highest BCUT2D eigenvalue weighted by atomic mass is 35.5. The molecule has 0 aliphatic carbocycles. The molecule has 0 radical (unpaired) electrons. The van der Waals surface area contributed by atoms with E-state index in [9.17, 15) is 4.39 Å². The Morgan fingerprint density at radius 2 is 1.89 bits per heavy atom. The lowest BCUT2D eigenvalue weighted by molar-refractivity contribution is 0.391. The maximum Gasteiger partial charge on any atom is 0.237 e. The average molecular weight is 402 g/mol. The Morgan fingerprint density at radius 3 is 2.67 bits per heavy atom. The van der Waals surface area contributed by atoms with E-state index in [-0.39, 0.29) is 5.82 Å². The number of nitrogens with zero attached hydrogens (tertiary/aromatic N) is 5. The van der Waals surface area contributed by atoms with Crippen LogP contribution in [0.5, 0.6) is 0 Å². The molecule has 27 heavy (non-hydrogen) atoms. The van der Waals surface area contributed by atoms with Crippen LogP contribution in [0, 0.1) is 5.82 Å². The van der Waals surface area contributed by atoms with Gasteiger partial charge in [-0.1, -0.05) is 40.7 Å². The first-order valence-electron chi connectivity index (χ1n) is 7.97. The van der Waals surface area contributed by atoms with E-state index >= 15 is 0 Å².